The summed E-state index contributed by atoms with van der Waals surface area (Å²) in [6.45, 7) is 0.402. The Hall–Kier alpha value is -2.54. The predicted octanol–water partition coefficient (Wildman–Crippen LogP) is 4.24. The summed E-state index contributed by atoms with van der Waals surface area (Å²) in [5.74, 6) is 0.203. The Morgan fingerprint density at radius 3 is 2.48 bits per heavy atom. The number of rotatable bonds is 5. The highest BCUT2D eigenvalue weighted by atomic mass is 32.2. The average Bonchev–Trinajstić information content (AvgIpc) is 3.05. The number of ether oxygens (including phenoxy) is 1. The zero-order chi connectivity index (χ0) is 22.0. The monoisotopic (exact) mass is 442 g/mol. The van der Waals surface area contributed by atoms with Crippen LogP contribution in [0.2, 0.25) is 0 Å². The molecule has 1 amide bonds. The van der Waals surface area contributed by atoms with Crippen molar-refractivity contribution in [3.63, 3.8) is 0 Å². The second-order valence-electron chi connectivity index (χ2n) is 8.38. The lowest BCUT2D eigenvalue weighted by atomic mass is 10.1. The summed E-state index contributed by atoms with van der Waals surface area (Å²) < 4.78 is 33.8. The van der Waals surface area contributed by atoms with E-state index in [9.17, 15) is 13.2 Å². The number of anilines is 1. The van der Waals surface area contributed by atoms with Crippen molar-refractivity contribution in [3.8, 4) is 5.75 Å². The number of methoxy groups -OCH3 is 1. The van der Waals surface area contributed by atoms with Gasteiger partial charge in [0.1, 0.15) is 5.75 Å². The molecule has 4 rings (SSSR count). The minimum Gasteiger partial charge on any atom is -0.496 e. The Balaban J connectivity index is 1.67. The number of amides is 1. The van der Waals surface area contributed by atoms with Gasteiger partial charge in [0.2, 0.25) is 0 Å². The summed E-state index contributed by atoms with van der Waals surface area (Å²) in [6.07, 6.45) is 7.27. The topological polar surface area (TPSA) is 66.9 Å². The number of benzene rings is 2. The van der Waals surface area contributed by atoms with Gasteiger partial charge in [-0.05, 0) is 49.1 Å². The van der Waals surface area contributed by atoms with Crippen molar-refractivity contribution in [2.75, 3.05) is 25.0 Å². The van der Waals surface area contributed by atoms with Gasteiger partial charge in [-0.15, -0.1) is 0 Å². The van der Waals surface area contributed by atoms with Gasteiger partial charge in [-0.1, -0.05) is 43.9 Å². The van der Waals surface area contributed by atoms with E-state index in [1.54, 1.807) is 11.0 Å². The number of carbonyl (C=O) groups excluding carboxylic acids is 1. The fourth-order valence-electron chi connectivity index (χ4n) is 4.70. The van der Waals surface area contributed by atoms with E-state index in [1.165, 1.54) is 36.4 Å². The van der Waals surface area contributed by atoms with Gasteiger partial charge in [-0.3, -0.25) is 9.10 Å². The Kier molecular flexibility index (Phi) is 6.23. The second-order valence-corrected chi connectivity index (χ2v) is 10.2. The lowest BCUT2D eigenvalue weighted by molar-refractivity contribution is 0.0714. The fraction of sp³-hybridized carbons (Fsp3) is 0.458. The van der Waals surface area contributed by atoms with Crippen LogP contribution < -0.4 is 9.04 Å². The highest BCUT2D eigenvalue weighted by molar-refractivity contribution is 7.92. The van der Waals surface area contributed by atoms with Crippen molar-refractivity contribution in [2.45, 2.75) is 55.9 Å². The van der Waals surface area contributed by atoms with E-state index in [1.807, 2.05) is 31.3 Å². The van der Waals surface area contributed by atoms with E-state index < -0.39 is 10.0 Å². The molecule has 1 aliphatic carbocycles. The summed E-state index contributed by atoms with van der Waals surface area (Å²) in [5.41, 5.74) is 2.02. The number of carbonyl (C=O) groups is 1. The summed E-state index contributed by atoms with van der Waals surface area (Å²) in [7, 11) is -0.465. The molecule has 1 fully saturated rings. The first kappa shape index (κ1) is 21.7. The molecule has 31 heavy (non-hydrogen) atoms. The molecule has 2 aromatic carbocycles. The molecule has 1 aliphatic heterocycles. The standard InChI is InChI=1S/C24H30N2O4S/c1-25(19-10-5-3-4-6-11-19)24(27)21-17-20(13-14-23(21)30-2)31(28,29)26-16-15-18-9-7-8-12-22(18)26/h7-9,12-14,17,19H,3-6,10-11,15-16H2,1-2H3. The maximum absolute atomic E-state index is 13.4. The molecule has 0 unspecified atom stereocenters. The van der Waals surface area contributed by atoms with Crippen LogP contribution in [-0.2, 0) is 16.4 Å². The Morgan fingerprint density at radius 1 is 1.06 bits per heavy atom. The largest absolute Gasteiger partial charge is 0.496 e. The van der Waals surface area contributed by atoms with Gasteiger partial charge in [-0.2, -0.15) is 0 Å². The van der Waals surface area contributed by atoms with Gasteiger partial charge in [0.15, 0.2) is 0 Å². The lowest BCUT2D eigenvalue weighted by Gasteiger charge is -2.28. The SMILES string of the molecule is COc1ccc(S(=O)(=O)N2CCc3ccccc32)cc1C(=O)N(C)C1CCCCCC1. The number of hydrogen-bond donors (Lipinski definition) is 0. The van der Waals surface area contributed by atoms with Crippen LogP contribution in [0.15, 0.2) is 47.4 Å². The van der Waals surface area contributed by atoms with Crippen molar-refractivity contribution in [1.82, 2.24) is 4.90 Å². The van der Waals surface area contributed by atoms with E-state index in [0.717, 1.165) is 31.2 Å². The Labute approximate surface area is 184 Å². The summed E-state index contributed by atoms with van der Waals surface area (Å²) in [5, 5.41) is 0. The van der Waals surface area contributed by atoms with Gasteiger partial charge in [-0.25, -0.2) is 8.42 Å². The zero-order valence-electron chi connectivity index (χ0n) is 18.2. The Morgan fingerprint density at radius 2 is 1.77 bits per heavy atom. The highest BCUT2D eigenvalue weighted by Gasteiger charge is 2.32. The van der Waals surface area contributed by atoms with Gasteiger partial charge in [0.25, 0.3) is 15.9 Å². The normalized spacial score (nSPS) is 17.2. The lowest BCUT2D eigenvalue weighted by Crippen LogP contribution is -2.37. The van der Waals surface area contributed by atoms with Crippen LogP contribution in [-0.4, -0.2) is 46.0 Å². The van der Waals surface area contributed by atoms with Crippen molar-refractivity contribution in [3.05, 3.63) is 53.6 Å². The van der Waals surface area contributed by atoms with Crippen LogP contribution in [0.3, 0.4) is 0 Å². The van der Waals surface area contributed by atoms with Crippen molar-refractivity contribution in [2.24, 2.45) is 0 Å². The van der Waals surface area contributed by atoms with Crippen molar-refractivity contribution in [1.29, 1.82) is 0 Å². The molecule has 0 atom stereocenters. The summed E-state index contributed by atoms with van der Waals surface area (Å²) in [4.78, 5) is 15.3. The minimum absolute atomic E-state index is 0.114. The third-order valence-electron chi connectivity index (χ3n) is 6.53. The molecule has 1 heterocycles. The van der Waals surface area contributed by atoms with Crippen LogP contribution in [0, 0.1) is 0 Å². The number of fused-ring (bicyclic) bond motifs is 1. The molecule has 2 aliphatic rings. The van der Waals surface area contributed by atoms with Gasteiger partial charge >= 0.3 is 0 Å². The van der Waals surface area contributed by atoms with Gasteiger partial charge in [0.05, 0.1) is 23.3 Å². The quantitative estimate of drug-likeness (QED) is 0.650. The van der Waals surface area contributed by atoms with Crippen molar-refractivity contribution >= 4 is 21.6 Å². The molecule has 2 aromatic rings. The van der Waals surface area contributed by atoms with E-state index >= 15 is 0 Å². The number of nitrogens with zero attached hydrogens (tertiary/aromatic N) is 2. The van der Waals surface area contributed by atoms with Crippen LogP contribution >= 0.6 is 0 Å². The number of hydrogen-bond acceptors (Lipinski definition) is 4. The molecule has 166 valence electrons. The van der Waals surface area contributed by atoms with Crippen LogP contribution in [0.25, 0.3) is 0 Å². The molecule has 6 nitrogen and oxygen atoms in total. The third-order valence-corrected chi connectivity index (χ3v) is 8.34. The van der Waals surface area contributed by atoms with E-state index in [0.29, 0.717) is 30.0 Å². The predicted molar refractivity (Wildman–Crippen MR) is 121 cm³/mol. The van der Waals surface area contributed by atoms with Gasteiger partial charge in [0, 0.05) is 19.6 Å². The van der Waals surface area contributed by atoms with Crippen LogP contribution in [0.1, 0.15) is 54.4 Å². The van der Waals surface area contributed by atoms with E-state index in [-0.39, 0.29) is 16.8 Å². The molecular weight excluding hydrogens is 412 g/mol. The van der Waals surface area contributed by atoms with Crippen molar-refractivity contribution < 1.29 is 17.9 Å². The zero-order valence-corrected chi connectivity index (χ0v) is 19.0. The molecule has 0 N–H and O–H groups in total. The molecule has 0 spiro atoms. The third kappa shape index (κ3) is 4.15. The highest BCUT2D eigenvalue weighted by Crippen LogP contribution is 2.34. The Bertz CT molecular complexity index is 1060. The van der Waals surface area contributed by atoms with E-state index in [4.69, 9.17) is 4.74 Å². The summed E-state index contributed by atoms with van der Waals surface area (Å²) >= 11 is 0. The first-order valence-electron chi connectivity index (χ1n) is 11.0. The maximum Gasteiger partial charge on any atom is 0.264 e. The first-order chi connectivity index (χ1) is 14.9. The summed E-state index contributed by atoms with van der Waals surface area (Å²) in [6, 6.07) is 12.3. The minimum atomic E-state index is -3.78. The molecular formula is C24H30N2O4S. The smallest absolute Gasteiger partial charge is 0.264 e. The molecule has 1 saturated carbocycles. The van der Waals surface area contributed by atoms with E-state index in [2.05, 4.69) is 0 Å². The first-order valence-corrected chi connectivity index (χ1v) is 12.4. The molecule has 0 bridgehead atoms. The van der Waals surface area contributed by atoms with Crippen LogP contribution in [0.5, 0.6) is 5.75 Å². The maximum atomic E-state index is 13.4. The van der Waals surface area contributed by atoms with Gasteiger partial charge < -0.3 is 9.64 Å². The molecule has 0 saturated heterocycles. The second kappa shape index (κ2) is 8.91. The number of sulfonamides is 1. The average molecular weight is 443 g/mol. The molecule has 0 aromatic heterocycles. The molecule has 0 radical (unpaired) electrons. The fourth-order valence-corrected chi connectivity index (χ4v) is 6.23. The molecule has 7 heteroatoms. The number of para-hydroxylation sites is 1. The van der Waals surface area contributed by atoms with Crippen LogP contribution in [0.4, 0.5) is 5.69 Å².